The monoisotopic (exact) mass is 371 g/mol. The lowest BCUT2D eigenvalue weighted by Gasteiger charge is -2.26. The maximum atomic E-state index is 11.8. The van der Waals surface area contributed by atoms with Crippen molar-refractivity contribution in [2.45, 2.75) is 19.8 Å². The van der Waals surface area contributed by atoms with Crippen LogP contribution in [-0.2, 0) is 11.2 Å². The van der Waals surface area contributed by atoms with Gasteiger partial charge in [-0.05, 0) is 24.6 Å². The van der Waals surface area contributed by atoms with Crippen molar-refractivity contribution in [1.29, 1.82) is 0 Å². The van der Waals surface area contributed by atoms with E-state index < -0.39 is 5.97 Å². The predicted molar refractivity (Wildman–Crippen MR) is 98.4 cm³/mol. The molecule has 7 nitrogen and oxygen atoms in total. The second kappa shape index (κ2) is 6.14. The van der Waals surface area contributed by atoms with E-state index in [4.69, 9.17) is 4.74 Å². The molecule has 1 aromatic carbocycles. The van der Waals surface area contributed by atoms with Gasteiger partial charge in [-0.1, -0.05) is 24.7 Å². The number of carbonyl (C=O) groups is 2. The Morgan fingerprint density at radius 3 is 2.96 bits per heavy atom. The highest BCUT2D eigenvalue weighted by atomic mass is 32.1. The highest BCUT2D eigenvalue weighted by Gasteiger charge is 2.24. The quantitative estimate of drug-likeness (QED) is 0.762. The number of likely N-dealkylation sites (N-methyl/N-ethyl adjacent to an activating group) is 1. The van der Waals surface area contributed by atoms with Gasteiger partial charge in [0, 0.05) is 24.5 Å². The predicted octanol–water partition coefficient (Wildman–Crippen LogP) is 3.07. The van der Waals surface area contributed by atoms with E-state index in [1.807, 2.05) is 35.7 Å². The van der Waals surface area contributed by atoms with Gasteiger partial charge in [-0.3, -0.25) is 9.20 Å². The van der Waals surface area contributed by atoms with Crippen LogP contribution in [0.1, 0.15) is 28.7 Å². The number of amides is 1. The first kappa shape index (κ1) is 16.6. The molecule has 4 rings (SSSR count). The first-order valence-corrected chi connectivity index (χ1v) is 9.09. The maximum absolute atomic E-state index is 11.8. The van der Waals surface area contributed by atoms with Gasteiger partial charge in [0.1, 0.15) is 10.6 Å². The van der Waals surface area contributed by atoms with E-state index >= 15 is 0 Å². The summed E-state index contributed by atoms with van der Waals surface area (Å²) in [6, 6.07) is 5.60. The summed E-state index contributed by atoms with van der Waals surface area (Å²) >= 11 is 1.18. The zero-order chi connectivity index (χ0) is 18.4. The summed E-state index contributed by atoms with van der Waals surface area (Å²) in [5.41, 5.74) is 3.06. The highest BCUT2D eigenvalue weighted by molar-refractivity contribution is 7.19. The second-order valence-electron chi connectivity index (χ2n) is 6.14. The van der Waals surface area contributed by atoms with Crippen molar-refractivity contribution in [2.24, 2.45) is 0 Å². The lowest BCUT2D eigenvalue weighted by Crippen LogP contribution is -2.35. The molecule has 0 spiro atoms. The molecule has 0 aliphatic carbocycles. The van der Waals surface area contributed by atoms with Gasteiger partial charge in [-0.15, -0.1) is 0 Å². The number of thiazole rings is 1. The van der Waals surface area contributed by atoms with Gasteiger partial charge in [0.05, 0.1) is 11.4 Å². The number of benzene rings is 1. The van der Waals surface area contributed by atoms with Gasteiger partial charge in [0.15, 0.2) is 11.6 Å². The van der Waals surface area contributed by atoms with Gasteiger partial charge in [-0.2, -0.15) is 0 Å². The van der Waals surface area contributed by atoms with Crippen LogP contribution in [0.4, 0.5) is 5.69 Å². The summed E-state index contributed by atoms with van der Waals surface area (Å²) in [5.74, 6) is -0.356. The molecule has 1 N–H and O–H groups in total. The molecule has 1 amide bonds. The fourth-order valence-corrected chi connectivity index (χ4v) is 4.09. The summed E-state index contributed by atoms with van der Waals surface area (Å²) in [6.45, 7) is 2.06. The molecule has 0 atom stereocenters. The van der Waals surface area contributed by atoms with Crippen molar-refractivity contribution in [3.8, 4) is 17.0 Å². The number of ether oxygens (including phenoxy) is 1. The Kier molecular flexibility index (Phi) is 3.91. The van der Waals surface area contributed by atoms with E-state index in [2.05, 4.69) is 4.98 Å². The first-order valence-electron chi connectivity index (χ1n) is 8.27. The smallest absolute Gasteiger partial charge is 0.347 e. The molecule has 3 aromatic rings. The van der Waals surface area contributed by atoms with Crippen molar-refractivity contribution in [2.75, 3.05) is 18.6 Å². The second-order valence-corrected chi connectivity index (χ2v) is 7.11. The number of hydrogen-bond acceptors (Lipinski definition) is 5. The number of aromatic carboxylic acids is 1. The summed E-state index contributed by atoms with van der Waals surface area (Å²) in [7, 11) is 1.72. The SMILES string of the molecule is CCCc1c(C(=O)O)sc2nc(-c3ccc4c(c3)N(C)C(=O)CO4)cn12. The summed E-state index contributed by atoms with van der Waals surface area (Å²) in [5, 5.41) is 9.40. The van der Waals surface area contributed by atoms with Crippen LogP contribution in [0.3, 0.4) is 0 Å². The number of carboxylic acids is 1. The minimum absolute atomic E-state index is 0.0431. The molecular formula is C18H17N3O4S. The standard InChI is InChI=1S/C18H17N3O4S/c1-3-4-12-16(17(23)24)26-18-19-11(8-21(12)18)10-5-6-14-13(7-10)20(2)15(22)9-25-14/h5-8H,3-4,9H2,1-2H3,(H,23,24). The van der Waals surface area contributed by atoms with Crippen molar-refractivity contribution in [3.63, 3.8) is 0 Å². The number of anilines is 1. The van der Waals surface area contributed by atoms with Crippen LogP contribution in [0.25, 0.3) is 16.2 Å². The number of nitrogens with zero attached hydrogens (tertiary/aromatic N) is 3. The van der Waals surface area contributed by atoms with Crippen molar-refractivity contribution < 1.29 is 19.4 Å². The fraction of sp³-hybridized carbons (Fsp3) is 0.278. The van der Waals surface area contributed by atoms with E-state index in [0.29, 0.717) is 27.7 Å². The Labute approximate surface area is 153 Å². The molecule has 1 aliphatic heterocycles. The molecule has 0 bridgehead atoms. The number of fused-ring (bicyclic) bond motifs is 2. The molecule has 0 fully saturated rings. The number of aryl methyl sites for hydroxylation is 1. The number of carbonyl (C=O) groups excluding carboxylic acids is 1. The Morgan fingerprint density at radius 2 is 2.23 bits per heavy atom. The molecule has 8 heteroatoms. The topological polar surface area (TPSA) is 84.1 Å². The minimum atomic E-state index is -0.920. The molecule has 2 aromatic heterocycles. The molecular weight excluding hydrogens is 354 g/mol. The third kappa shape index (κ3) is 2.53. The normalized spacial score (nSPS) is 13.8. The fourth-order valence-electron chi connectivity index (χ4n) is 3.10. The van der Waals surface area contributed by atoms with E-state index in [9.17, 15) is 14.7 Å². The number of hydrogen-bond donors (Lipinski definition) is 1. The van der Waals surface area contributed by atoms with Gasteiger partial charge >= 0.3 is 5.97 Å². The number of imidazole rings is 1. The van der Waals surface area contributed by atoms with Crippen LogP contribution >= 0.6 is 11.3 Å². The molecule has 3 heterocycles. The van der Waals surface area contributed by atoms with Crippen molar-refractivity contribution >= 4 is 33.9 Å². The molecule has 1 aliphatic rings. The maximum Gasteiger partial charge on any atom is 0.347 e. The number of aromatic nitrogens is 2. The molecule has 26 heavy (non-hydrogen) atoms. The van der Waals surface area contributed by atoms with Crippen LogP contribution in [0, 0.1) is 0 Å². The van der Waals surface area contributed by atoms with E-state index in [-0.39, 0.29) is 12.5 Å². The number of carboxylic acid groups (broad SMARTS) is 1. The zero-order valence-corrected chi connectivity index (χ0v) is 15.2. The Bertz CT molecular complexity index is 1040. The van der Waals surface area contributed by atoms with Gasteiger partial charge in [0.2, 0.25) is 0 Å². The third-order valence-corrected chi connectivity index (χ3v) is 5.53. The van der Waals surface area contributed by atoms with Gasteiger partial charge in [0.25, 0.3) is 5.91 Å². The van der Waals surface area contributed by atoms with E-state index in [0.717, 1.165) is 23.4 Å². The van der Waals surface area contributed by atoms with Crippen molar-refractivity contribution in [1.82, 2.24) is 9.38 Å². The van der Waals surface area contributed by atoms with Gasteiger partial charge < -0.3 is 14.7 Å². The minimum Gasteiger partial charge on any atom is -0.482 e. The average molecular weight is 371 g/mol. The molecule has 0 saturated heterocycles. The van der Waals surface area contributed by atoms with E-state index in [1.54, 1.807) is 11.9 Å². The average Bonchev–Trinajstić information content (AvgIpc) is 3.18. The lowest BCUT2D eigenvalue weighted by atomic mass is 10.1. The largest absolute Gasteiger partial charge is 0.482 e. The molecule has 0 saturated carbocycles. The van der Waals surface area contributed by atoms with Crippen molar-refractivity contribution in [3.05, 3.63) is 35.0 Å². The van der Waals surface area contributed by atoms with Crippen LogP contribution in [0.5, 0.6) is 5.75 Å². The highest BCUT2D eigenvalue weighted by Crippen LogP contribution is 2.36. The Morgan fingerprint density at radius 1 is 1.42 bits per heavy atom. The summed E-state index contributed by atoms with van der Waals surface area (Å²) in [6.07, 6.45) is 3.38. The first-order chi connectivity index (χ1) is 12.5. The summed E-state index contributed by atoms with van der Waals surface area (Å²) < 4.78 is 7.31. The molecule has 0 radical (unpaired) electrons. The van der Waals surface area contributed by atoms with E-state index in [1.165, 1.54) is 11.3 Å². The Hall–Kier alpha value is -2.87. The Balaban J connectivity index is 1.80. The molecule has 0 unspecified atom stereocenters. The lowest BCUT2D eigenvalue weighted by molar-refractivity contribution is -0.120. The summed E-state index contributed by atoms with van der Waals surface area (Å²) in [4.78, 5) is 30.5. The van der Waals surface area contributed by atoms with Gasteiger partial charge in [-0.25, -0.2) is 9.78 Å². The third-order valence-electron chi connectivity index (χ3n) is 4.44. The molecule has 134 valence electrons. The van der Waals surface area contributed by atoms with Crippen LogP contribution in [-0.4, -0.2) is 40.0 Å². The van der Waals surface area contributed by atoms with Crippen LogP contribution in [0.15, 0.2) is 24.4 Å². The van der Waals surface area contributed by atoms with Crippen LogP contribution in [0.2, 0.25) is 0 Å². The zero-order valence-electron chi connectivity index (χ0n) is 14.4. The van der Waals surface area contributed by atoms with Crippen LogP contribution < -0.4 is 9.64 Å². The number of rotatable bonds is 4.